The van der Waals surface area contributed by atoms with Crippen LogP contribution in [0, 0.1) is 13.8 Å². The highest BCUT2D eigenvalue weighted by molar-refractivity contribution is 5.57. The lowest BCUT2D eigenvalue weighted by molar-refractivity contribution is 0.269. The highest BCUT2D eigenvalue weighted by Gasteiger charge is 2.18. The fourth-order valence-corrected chi connectivity index (χ4v) is 2.77. The maximum Gasteiger partial charge on any atom is 0.134 e. The number of nitrogens with one attached hydrogen (secondary N) is 2. The second-order valence-corrected chi connectivity index (χ2v) is 5.99. The molecule has 0 amide bonds. The normalized spacial score (nSPS) is 17.0. The van der Waals surface area contributed by atoms with E-state index in [9.17, 15) is 0 Å². The zero-order valence-electron chi connectivity index (χ0n) is 13.9. The van der Waals surface area contributed by atoms with Crippen molar-refractivity contribution in [2.75, 3.05) is 36.8 Å². The fourth-order valence-electron chi connectivity index (χ4n) is 2.77. The van der Waals surface area contributed by atoms with Crippen molar-refractivity contribution in [1.29, 1.82) is 0 Å². The lowest BCUT2D eigenvalue weighted by Gasteiger charge is -2.24. The lowest BCUT2D eigenvalue weighted by atomic mass is 10.2. The van der Waals surface area contributed by atoms with Crippen LogP contribution in [0.1, 0.15) is 44.5 Å². The van der Waals surface area contributed by atoms with Gasteiger partial charge in [0.05, 0.1) is 0 Å². The van der Waals surface area contributed by atoms with E-state index in [4.69, 9.17) is 0 Å². The maximum atomic E-state index is 4.56. The van der Waals surface area contributed by atoms with Crippen LogP contribution >= 0.6 is 0 Å². The molecule has 2 N–H and O–H groups in total. The molecule has 2 heterocycles. The van der Waals surface area contributed by atoms with E-state index < -0.39 is 0 Å². The molecule has 1 aliphatic rings. The molecule has 1 atom stereocenters. The van der Waals surface area contributed by atoms with Crippen molar-refractivity contribution in [2.45, 2.75) is 53.0 Å². The molecule has 0 aliphatic carbocycles. The highest BCUT2D eigenvalue weighted by atomic mass is 15.2. The largest absolute Gasteiger partial charge is 0.370 e. The average molecular weight is 291 g/mol. The third-order valence-electron chi connectivity index (χ3n) is 4.13. The van der Waals surface area contributed by atoms with E-state index in [1.807, 2.05) is 6.92 Å². The minimum absolute atomic E-state index is 0.550. The van der Waals surface area contributed by atoms with Gasteiger partial charge in [0.1, 0.15) is 17.5 Å². The van der Waals surface area contributed by atoms with Gasteiger partial charge in [0.2, 0.25) is 0 Å². The predicted molar refractivity (Wildman–Crippen MR) is 89.0 cm³/mol. The van der Waals surface area contributed by atoms with Gasteiger partial charge in [0, 0.05) is 24.7 Å². The van der Waals surface area contributed by atoms with Crippen LogP contribution in [0.5, 0.6) is 0 Å². The molecule has 0 bridgehead atoms. The van der Waals surface area contributed by atoms with Gasteiger partial charge < -0.3 is 10.6 Å². The second-order valence-electron chi connectivity index (χ2n) is 5.99. The minimum atomic E-state index is 0.550. The summed E-state index contributed by atoms with van der Waals surface area (Å²) in [7, 11) is 0. The summed E-state index contributed by atoms with van der Waals surface area (Å²) in [5, 5.41) is 6.90. The Labute approximate surface area is 128 Å². The third-order valence-corrected chi connectivity index (χ3v) is 4.13. The monoisotopic (exact) mass is 291 g/mol. The molecule has 118 valence electrons. The Morgan fingerprint density at radius 3 is 2.33 bits per heavy atom. The first-order valence-corrected chi connectivity index (χ1v) is 8.18. The van der Waals surface area contributed by atoms with Crippen LogP contribution in [0.2, 0.25) is 0 Å². The predicted octanol–water partition coefficient (Wildman–Crippen LogP) is 2.81. The Hall–Kier alpha value is -1.36. The smallest absolute Gasteiger partial charge is 0.134 e. The quantitative estimate of drug-likeness (QED) is 0.809. The van der Waals surface area contributed by atoms with Gasteiger partial charge in [-0.3, -0.25) is 4.90 Å². The average Bonchev–Trinajstić information content (AvgIpc) is 3.00. The molecule has 5 heteroatoms. The van der Waals surface area contributed by atoms with Gasteiger partial charge in [-0.05, 0) is 53.1 Å². The number of nitrogens with zero attached hydrogens (tertiary/aromatic N) is 3. The molecule has 0 spiro atoms. The molecule has 5 nitrogen and oxygen atoms in total. The zero-order valence-corrected chi connectivity index (χ0v) is 13.9. The Balaban J connectivity index is 1.99. The number of hydrogen-bond donors (Lipinski definition) is 2. The van der Waals surface area contributed by atoms with Gasteiger partial charge in [0.25, 0.3) is 0 Å². The summed E-state index contributed by atoms with van der Waals surface area (Å²) < 4.78 is 0. The summed E-state index contributed by atoms with van der Waals surface area (Å²) in [5.74, 6) is 2.74. The molecule has 1 aromatic rings. The molecule has 0 saturated carbocycles. The molecule has 1 fully saturated rings. The standard InChI is InChI=1S/C16H29N5/c1-5-8-17-15-13(3)16(20-14(4)19-15)18-11-12(2)21-9-6-7-10-21/h12H,5-11H2,1-4H3,(H2,17,18,19,20). The van der Waals surface area contributed by atoms with Gasteiger partial charge in [-0.25, -0.2) is 9.97 Å². The van der Waals surface area contributed by atoms with Crippen molar-refractivity contribution in [3.8, 4) is 0 Å². The van der Waals surface area contributed by atoms with Crippen LogP contribution in [0.15, 0.2) is 0 Å². The number of hydrogen-bond acceptors (Lipinski definition) is 5. The summed E-state index contributed by atoms with van der Waals surface area (Å²) in [6.45, 7) is 12.8. The molecule has 21 heavy (non-hydrogen) atoms. The van der Waals surface area contributed by atoms with Crippen LogP contribution in [-0.4, -0.2) is 47.1 Å². The van der Waals surface area contributed by atoms with Crippen molar-refractivity contribution < 1.29 is 0 Å². The number of aryl methyl sites for hydroxylation is 1. The van der Waals surface area contributed by atoms with Crippen LogP contribution in [0.3, 0.4) is 0 Å². The van der Waals surface area contributed by atoms with Gasteiger partial charge in [0.15, 0.2) is 0 Å². The molecular weight excluding hydrogens is 262 g/mol. The Bertz CT molecular complexity index is 454. The van der Waals surface area contributed by atoms with Crippen molar-refractivity contribution in [2.24, 2.45) is 0 Å². The summed E-state index contributed by atoms with van der Waals surface area (Å²) in [6.07, 6.45) is 3.76. The second kappa shape index (κ2) is 7.59. The summed E-state index contributed by atoms with van der Waals surface area (Å²) in [6, 6.07) is 0.550. The van der Waals surface area contributed by atoms with Crippen molar-refractivity contribution in [3.05, 3.63) is 11.4 Å². The molecule has 2 rings (SSSR count). The first-order chi connectivity index (χ1) is 10.1. The topological polar surface area (TPSA) is 53.1 Å². The molecule has 1 unspecified atom stereocenters. The first kappa shape index (κ1) is 16.0. The maximum absolute atomic E-state index is 4.56. The number of anilines is 2. The molecule has 1 aromatic heterocycles. The summed E-state index contributed by atoms with van der Waals surface area (Å²) in [5.41, 5.74) is 1.11. The highest BCUT2D eigenvalue weighted by Crippen LogP contribution is 2.20. The zero-order chi connectivity index (χ0) is 15.2. The van der Waals surface area contributed by atoms with Crippen molar-refractivity contribution >= 4 is 11.6 Å². The van der Waals surface area contributed by atoms with E-state index in [0.717, 1.165) is 42.5 Å². The fraction of sp³-hybridized carbons (Fsp3) is 0.750. The van der Waals surface area contributed by atoms with Gasteiger partial charge in [-0.1, -0.05) is 6.92 Å². The molecule has 1 aliphatic heterocycles. The van der Waals surface area contributed by atoms with Gasteiger partial charge >= 0.3 is 0 Å². The Morgan fingerprint density at radius 1 is 1.10 bits per heavy atom. The van der Waals surface area contributed by atoms with Gasteiger partial charge in [-0.2, -0.15) is 0 Å². The first-order valence-electron chi connectivity index (χ1n) is 8.18. The van der Waals surface area contributed by atoms with Crippen molar-refractivity contribution in [3.63, 3.8) is 0 Å². The van der Waals surface area contributed by atoms with E-state index in [0.29, 0.717) is 6.04 Å². The number of rotatable bonds is 7. The summed E-state index contributed by atoms with van der Waals surface area (Å²) in [4.78, 5) is 11.6. The van der Waals surface area contributed by atoms with E-state index in [1.165, 1.54) is 25.9 Å². The Kier molecular flexibility index (Phi) is 5.79. The van der Waals surface area contributed by atoms with Crippen LogP contribution in [-0.2, 0) is 0 Å². The minimum Gasteiger partial charge on any atom is -0.370 e. The summed E-state index contributed by atoms with van der Waals surface area (Å²) >= 11 is 0. The van der Waals surface area contributed by atoms with E-state index >= 15 is 0 Å². The van der Waals surface area contributed by atoms with Crippen LogP contribution in [0.4, 0.5) is 11.6 Å². The number of aromatic nitrogens is 2. The third kappa shape index (κ3) is 4.30. The van der Waals surface area contributed by atoms with Crippen LogP contribution in [0.25, 0.3) is 0 Å². The van der Waals surface area contributed by atoms with E-state index in [2.05, 4.69) is 46.3 Å². The Morgan fingerprint density at radius 2 is 1.71 bits per heavy atom. The van der Waals surface area contributed by atoms with E-state index in [-0.39, 0.29) is 0 Å². The lowest BCUT2D eigenvalue weighted by Crippen LogP contribution is -2.35. The SMILES string of the molecule is CCCNc1nc(C)nc(NCC(C)N2CCCC2)c1C. The van der Waals surface area contributed by atoms with Crippen LogP contribution < -0.4 is 10.6 Å². The number of likely N-dealkylation sites (tertiary alicyclic amines) is 1. The molecular formula is C16H29N5. The van der Waals surface area contributed by atoms with Gasteiger partial charge in [-0.15, -0.1) is 0 Å². The molecule has 0 radical (unpaired) electrons. The molecule has 0 aromatic carbocycles. The van der Waals surface area contributed by atoms with Crippen molar-refractivity contribution in [1.82, 2.24) is 14.9 Å². The molecule has 1 saturated heterocycles. The van der Waals surface area contributed by atoms with E-state index in [1.54, 1.807) is 0 Å².